The number of rotatable bonds is 8. The SMILES string of the molecule is CC(C)(C)OC(=O)N[C@H](Cc1ccc(OC[18F])cc1)C(=O)OC(C)(C)c1ccccc1. The van der Waals surface area contributed by atoms with Gasteiger partial charge in [0.15, 0.2) is 0 Å². The topological polar surface area (TPSA) is 73.9 Å². The number of benzene rings is 2. The van der Waals surface area contributed by atoms with Gasteiger partial charge >= 0.3 is 12.1 Å². The lowest BCUT2D eigenvalue weighted by molar-refractivity contribution is -0.160. The molecule has 0 aliphatic carbocycles. The maximum Gasteiger partial charge on any atom is 0.408 e. The number of amides is 1. The van der Waals surface area contributed by atoms with Crippen molar-refractivity contribution in [1.82, 2.24) is 5.32 Å². The van der Waals surface area contributed by atoms with Crippen molar-refractivity contribution >= 4 is 12.1 Å². The average Bonchev–Trinajstić information content (AvgIpc) is 2.68. The molecule has 2 aromatic rings. The van der Waals surface area contributed by atoms with E-state index in [9.17, 15) is 14.0 Å². The predicted molar refractivity (Wildman–Crippen MR) is 115 cm³/mol. The van der Waals surface area contributed by atoms with E-state index in [0.717, 1.165) is 11.1 Å². The Hall–Kier alpha value is -3.09. The highest BCUT2D eigenvalue weighted by Crippen LogP contribution is 2.25. The normalized spacial score (nSPS) is 12.6. The van der Waals surface area contributed by atoms with Crippen molar-refractivity contribution in [2.75, 3.05) is 6.86 Å². The molecule has 0 aliphatic rings. The van der Waals surface area contributed by atoms with Gasteiger partial charge in [0.25, 0.3) is 0 Å². The Bertz CT molecular complexity index is 860. The maximum atomic E-state index is 13.0. The first-order valence-electron chi connectivity index (χ1n) is 10.1. The number of hydrogen-bond donors (Lipinski definition) is 1. The molecule has 0 aromatic heterocycles. The molecule has 0 heterocycles. The first kappa shape index (κ1) is 24.2. The quantitative estimate of drug-likeness (QED) is 0.603. The molecule has 0 bridgehead atoms. The summed E-state index contributed by atoms with van der Waals surface area (Å²) in [7, 11) is 0. The molecule has 1 N–H and O–H groups in total. The number of carbonyl (C=O) groups excluding carboxylic acids is 2. The average molecular weight is 431 g/mol. The van der Waals surface area contributed by atoms with Crippen molar-refractivity contribution in [1.29, 1.82) is 0 Å². The molecule has 31 heavy (non-hydrogen) atoms. The molecule has 0 fully saturated rings. The minimum Gasteiger partial charge on any atom is -0.463 e. The Kier molecular flexibility index (Phi) is 8.02. The van der Waals surface area contributed by atoms with E-state index in [1.807, 2.05) is 30.3 Å². The fraction of sp³-hybridized carbons (Fsp3) is 0.417. The number of alkyl halides is 1. The molecule has 0 unspecified atom stereocenters. The number of alkyl carbamates (subject to hydrolysis) is 1. The third-order valence-corrected chi connectivity index (χ3v) is 4.38. The summed E-state index contributed by atoms with van der Waals surface area (Å²) in [6, 6.07) is 15.0. The van der Waals surface area contributed by atoms with E-state index in [0.29, 0.717) is 5.75 Å². The summed E-state index contributed by atoms with van der Waals surface area (Å²) in [5.41, 5.74) is -0.0491. The van der Waals surface area contributed by atoms with Crippen molar-refractivity contribution in [3.63, 3.8) is 0 Å². The zero-order valence-corrected chi connectivity index (χ0v) is 18.6. The molecule has 7 heteroatoms. The van der Waals surface area contributed by atoms with Crippen molar-refractivity contribution in [3.05, 3.63) is 65.7 Å². The van der Waals surface area contributed by atoms with Crippen LogP contribution in [0.15, 0.2) is 54.6 Å². The van der Waals surface area contributed by atoms with Crippen LogP contribution >= 0.6 is 0 Å². The van der Waals surface area contributed by atoms with E-state index in [-0.39, 0.29) is 6.42 Å². The highest BCUT2D eigenvalue weighted by Gasteiger charge is 2.32. The monoisotopic (exact) mass is 430 g/mol. The van der Waals surface area contributed by atoms with E-state index in [4.69, 9.17) is 14.2 Å². The number of ether oxygens (including phenoxy) is 3. The fourth-order valence-electron chi connectivity index (χ4n) is 2.88. The summed E-state index contributed by atoms with van der Waals surface area (Å²) in [5, 5.41) is 2.61. The summed E-state index contributed by atoms with van der Waals surface area (Å²) in [6.07, 6.45) is -0.553. The number of nitrogens with one attached hydrogen (secondary N) is 1. The molecule has 6 nitrogen and oxygen atoms in total. The van der Waals surface area contributed by atoms with Crippen LogP contribution in [0.1, 0.15) is 45.7 Å². The lowest BCUT2D eigenvalue weighted by Gasteiger charge is -2.29. The summed E-state index contributed by atoms with van der Waals surface area (Å²) < 4.78 is 28.2. The molecule has 2 aromatic carbocycles. The summed E-state index contributed by atoms with van der Waals surface area (Å²) >= 11 is 0. The number of halogens is 1. The van der Waals surface area contributed by atoms with Gasteiger partial charge in [-0.15, -0.1) is 0 Å². The van der Waals surface area contributed by atoms with Crippen LogP contribution in [0.2, 0.25) is 0 Å². The highest BCUT2D eigenvalue weighted by molar-refractivity contribution is 5.82. The van der Waals surface area contributed by atoms with E-state index in [2.05, 4.69) is 5.32 Å². The molecule has 0 saturated carbocycles. The first-order valence-corrected chi connectivity index (χ1v) is 10.1. The molecular weight excluding hydrogens is 400 g/mol. The lowest BCUT2D eigenvalue weighted by Crippen LogP contribution is -2.47. The van der Waals surface area contributed by atoms with Crippen LogP contribution in [0.3, 0.4) is 0 Å². The van der Waals surface area contributed by atoms with Gasteiger partial charge in [-0.25, -0.2) is 14.0 Å². The summed E-state index contributed by atoms with van der Waals surface area (Å²) in [4.78, 5) is 25.4. The zero-order chi connectivity index (χ0) is 23.1. The van der Waals surface area contributed by atoms with Gasteiger partial charge in [-0.2, -0.15) is 0 Å². The second-order valence-corrected chi connectivity index (χ2v) is 8.60. The first-order chi connectivity index (χ1) is 14.5. The van der Waals surface area contributed by atoms with E-state index >= 15 is 0 Å². The van der Waals surface area contributed by atoms with Crippen LogP contribution in [0.25, 0.3) is 0 Å². The van der Waals surface area contributed by atoms with Gasteiger partial charge in [-0.05, 0) is 57.9 Å². The third-order valence-electron chi connectivity index (χ3n) is 4.38. The van der Waals surface area contributed by atoms with Crippen molar-refractivity contribution in [2.24, 2.45) is 0 Å². The number of carbonyl (C=O) groups is 2. The van der Waals surface area contributed by atoms with Gasteiger partial charge in [0.1, 0.15) is 23.0 Å². The Morgan fingerprint density at radius 2 is 1.55 bits per heavy atom. The van der Waals surface area contributed by atoms with Gasteiger partial charge in [-0.3, -0.25) is 0 Å². The predicted octanol–water partition coefficient (Wildman–Crippen LogP) is 4.91. The van der Waals surface area contributed by atoms with Crippen LogP contribution in [0.5, 0.6) is 5.75 Å². The molecule has 168 valence electrons. The second kappa shape index (κ2) is 10.3. The summed E-state index contributed by atoms with van der Waals surface area (Å²) in [6.45, 7) is 7.86. The van der Waals surface area contributed by atoms with Gasteiger partial charge < -0.3 is 19.5 Å². The highest BCUT2D eigenvalue weighted by atomic mass is 18.2. The van der Waals surface area contributed by atoms with E-state index in [1.165, 1.54) is 0 Å². The maximum absolute atomic E-state index is 13.0. The minimum atomic E-state index is -0.981. The number of esters is 1. The third kappa shape index (κ3) is 7.92. The molecular formula is C24H30FNO5. The van der Waals surface area contributed by atoms with E-state index in [1.54, 1.807) is 58.9 Å². The zero-order valence-electron chi connectivity index (χ0n) is 18.6. The van der Waals surface area contributed by atoms with Crippen LogP contribution in [0, 0.1) is 0 Å². The fourth-order valence-corrected chi connectivity index (χ4v) is 2.88. The molecule has 1 amide bonds. The molecule has 1 atom stereocenters. The molecule has 0 spiro atoms. The molecule has 0 radical (unpaired) electrons. The van der Waals surface area contributed by atoms with Crippen molar-refractivity contribution in [2.45, 2.75) is 58.3 Å². The minimum absolute atomic E-state index is 0.166. The van der Waals surface area contributed by atoms with Crippen LogP contribution in [0.4, 0.5) is 9.18 Å². The lowest BCUT2D eigenvalue weighted by atomic mass is 9.98. The van der Waals surface area contributed by atoms with Gasteiger partial charge in [0.2, 0.25) is 6.86 Å². The van der Waals surface area contributed by atoms with E-state index < -0.39 is 36.2 Å². The van der Waals surface area contributed by atoms with Crippen LogP contribution in [-0.2, 0) is 26.3 Å². The Balaban J connectivity index is 2.19. The van der Waals surface area contributed by atoms with Gasteiger partial charge in [0, 0.05) is 6.42 Å². The Morgan fingerprint density at radius 1 is 0.935 bits per heavy atom. The smallest absolute Gasteiger partial charge is 0.408 e. The van der Waals surface area contributed by atoms with Gasteiger partial charge in [-0.1, -0.05) is 42.5 Å². The van der Waals surface area contributed by atoms with Crippen molar-refractivity contribution < 1.29 is 28.2 Å². The standard InChI is InChI=1S/C24H30FNO5/c1-23(2,3)31-22(28)26-20(15-17-11-13-19(14-12-17)29-16-25)21(27)30-24(4,5)18-9-7-6-8-10-18/h6-14,20H,15-16H2,1-5H3,(H,26,28)/t20-/m1/s1/i25-1. The van der Waals surface area contributed by atoms with Crippen LogP contribution < -0.4 is 10.1 Å². The second-order valence-electron chi connectivity index (χ2n) is 8.60. The Labute approximate surface area is 182 Å². The molecule has 0 aliphatic heterocycles. The molecule has 2 rings (SSSR count). The summed E-state index contributed by atoms with van der Waals surface area (Å²) in [5.74, 6) is -0.223. The van der Waals surface area contributed by atoms with Crippen LogP contribution in [-0.4, -0.2) is 30.6 Å². The Morgan fingerprint density at radius 3 is 2.10 bits per heavy atom. The van der Waals surface area contributed by atoms with Gasteiger partial charge in [0.05, 0.1) is 0 Å². The largest absolute Gasteiger partial charge is 0.463 e. The van der Waals surface area contributed by atoms with Crippen molar-refractivity contribution in [3.8, 4) is 5.75 Å². The molecule has 0 saturated heterocycles. The number of hydrogen-bond acceptors (Lipinski definition) is 5.